The van der Waals surface area contributed by atoms with Crippen molar-refractivity contribution < 1.29 is 29.6 Å². The average Bonchev–Trinajstić information content (AvgIpc) is 2.88. The van der Waals surface area contributed by atoms with Gasteiger partial charge in [-0.15, -0.1) is 0 Å². The van der Waals surface area contributed by atoms with Crippen molar-refractivity contribution in [1.82, 2.24) is 0 Å². The molecule has 0 aliphatic heterocycles. The Kier molecular flexibility index (Phi) is 6.16. The summed E-state index contributed by atoms with van der Waals surface area (Å²) in [4.78, 5) is 0.760. The van der Waals surface area contributed by atoms with E-state index in [-0.39, 0.29) is 14.7 Å². The van der Waals surface area contributed by atoms with Crippen LogP contribution in [0, 0.1) is 4.51 Å². The summed E-state index contributed by atoms with van der Waals surface area (Å²) in [6.07, 6.45) is 0. The molecule has 0 N–H and O–H groups in total. The number of benzene rings is 4. The lowest BCUT2D eigenvalue weighted by molar-refractivity contribution is -0.0496. The highest BCUT2D eigenvalue weighted by molar-refractivity contribution is 8.33. The van der Waals surface area contributed by atoms with Gasteiger partial charge in [0.05, 0.1) is 4.51 Å². The molecular formula is C26H17F3O4S3. The predicted octanol–water partition coefficient (Wildman–Crippen LogP) is 8.38. The molecule has 1 heterocycles. The zero-order chi connectivity index (χ0) is 25.6. The molecule has 0 saturated heterocycles. The van der Waals surface area contributed by atoms with Gasteiger partial charge in [0, 0.05) is 25.5 Å². The van der Waals surface area contributed by atoms with E-state index in [0.717, 1.165) is 0 Å². The van der Waals surface area contributed by atoms with Crippen LogP contribution >= 0.6 is 22.5 Å². The first-order valence-corrected chi connectivity index (χ1v) is 13.9. The van der Waals surface area contributed by atoms with Crippen LogP contribution in [0.4, 0.5) is 13.2 Å². The lowest BCUT2D eigenvalue weighted by Crippen LogP contribution is -2.27. The molecule has 0 radical (unpaired) electrons. The molecule has 4 aromatic carbocycles. The van der Waals surface area contributed by atoms with Crippen molar-refractivity contribution in [3.63, 3.8) is 0 Å². The lowest BCUT2D eigenvalue weighted by Gasteiger charge is -2.39. The quantitative estimate of drug-likeness (QED) is 0.126. The van der Waals surface area contributed by atoms with Crippen molar-refractivity contribution in [2.75, 3.05) is 0 Å². The molecular weight excluding hydrogens is 529 g/mol. The number of halogens is 3. The van der Waals surface area contributed by atoms with Crippen LogP contribution in [0.1, 0.15) is 0 Å². The van der Waals surface area contributed by atoms with Gasteiger partial charge in [-0.25, -0.2) is 0 Å². The number of alkyl halides is 3. The maximum atomic E-state index is 13.7. The molecule has 10 heteroatoms. The third kappa shape index (κ3) is 4.09. The summed E-state index contributed by atoms with van der Waals surface area (Å²) in [5, 5.41) is 1.11. The SMILES string of the molecule is O=S(=O)(OS(c1ccccc1)(c1ccccc1)c1ccc2oc3ccccc3c(=S)c2c1)C(F)(F)F. The van der Waals surface area contributed by atoms with E-state index in [0.29, 0.717) is 26.4 Å². The summed E-state index contributed by atoms with van der Waals surface area (Å²) in [6.45, 7) is 0. The Labute approximate surface area is 211 Å². The fraction of sp³-hybridized carbons (Fsp3) is 0.0385. The monoisotopic (exact) mass is 546 g/mol. The van der Waals surface area contributed by atoms with E-state index < -0.39 is 25.9 Å². The fourth-order valence-corrected chi connectivity index (χ4v) is 8.98. The van der Waals surface area contributed by atoms with E-state index in [1.807, 2.05) is 0 Å². The smallest absolute Gasteiger partial charge is 0.456 e. The molecule has 0 saturated carbocycles. The van der Waals surface area contributed by atoms with E-state index in [9.17, 15) is 21.6 Å². The first-order chi connectivity index (χ1) is 17.1. The lowest BCUT2D eigenvalue weighted by atomic mass is 10.1. The molecule has 0 bridgehead atoms. The van der Waals surface area contributed by atoms with E-state index in [4.69, 9.17) is 20.3 Å². The van der Waals surface area contributed by atoms with Crippen LogP contribution in [0.3, 0.4) is 0 Å². The third-order valence-corrected chi connectivity index (χ3v) is 10.8. The number of fused-ring (bicyclic) bond motifs is 2. The van der Waals surface area contributed by atoms with Gasteiger partial charge in [0.15, 0.2) is 0 Å². The van der Waals surface area contributed by atoms with Crippen LogP contribution in [-0.2, 0) is 13.7 Å². The molecule has 1 aromatic heterocycles. The second-order valence-corrected chi connectivity index (χ2v) is 12.6. The van der Waals surface area contributed by atoms with Gasteiger partial charge in [-0.05, 0) is 64.9 Å². The minimum atomic E-state index is -6.01. The molecule has 0 aliphatic rings. The second kappa shape index (κ2) is 9.04. The highest BCUT2D eigenvalue weighted by Gasteiger charge is 2.52. The number of rotatable bonds is 5. The minimum Gasteiger partial charge on any atom is -0.456 e. The predicted molar refractivity (Wildman–Crippen MR) is 136 cm³/mol. The zero-order valence-electron chi connectivity index (χ0n) is 18.3. The van der Waals surface area contributed by atoms with Crippen molar-refractivity contribution in [1.29, 1.82) is 0 Å². The van der Waals surface area contributed by atoms with E-state index in [1.165, 1.54) is 6.07 Å². The van der Waals surface area contributed by atoms with Crippen molar-refractivity contribution in [2.24, 2.45) is 0 Å². The van der Waals surface area contributed by atoms with Gasteiger partial charge < -0.3 is 4.42 Å². The van der Waals surface area contributed by atoms with E-state index >= 15 is 0 Å². The summed E-state index contributed by atoms with van der Waals surface area (Å²) in [7, 11) is -9.44. The summed E-state index contributed by atoms with van der Waals surface area (Å²) < 4.78 is 77.8. The average molecular weight is 547 g/mol. The van der Waals surface area contributed by atoms with Crippen molar-refractivity contribution in [2.45, 2.75) is 20.2 Å². The molecule has 0 atom stereocenters. The molecule has 184 valence electrons. The molecule has 0 fully saturated rings. The minimum absolute atomic E-state index is 0.219. The number of para-hydroxylation sites is 1. The van der Waals surface area contributed by atoms with Crippen molar-refractivity contribution in [3.8, 4) is 0 Å². The molecule has 4 nitrogen and oxygen atoms in total. The molecule has 0 unspecified atom stereocenters. The fourth-order valence-electron chi connectivity index (χ4n) is 3.88. The van der Waals surface area contributed by atoms with Crippen molar-refractivity contribution in [3.05, 3.63) is 108 Å². The number of hydrogen-bond donors (Lipinski definition) is 0. The Hall–Kier alpha value is -3.18. The van der Waals surface area contributed by atoms with Gasteiger partial charge in [-0.3, -0.25) is 0 Å². The van der Waals surface area contributed by atoms with Crippen LogP contribution in [0.2, 0.25) is 0 Å². The molecule has 5 rings (SSSR count). The molecule has 0 spiro atoms. The van der Waals surface area contributed by atoms with Crippen LogP contribution in [0.15, 0.2) is 122 Å². The maximum absolute atomic E-state index is 13.7. The van der Waals surface area contributed by atoms with Crippen LogP contribution in [-0.4, -0.2) is 13.9 Å². The normalized spacial score (nSPS) is 13.2. The van der Waals surface area contributed by atoms with E-state index in [1.54, 1.807) is 97.1 Å². The first kappa shape index (κ1) is 24.5. The van der Waals surface area contributed by atoms with Gasteiger partial charge in [-0.1, -0.05) is 60.7 Å². The third-order valence-electron chi connectivity index (χ3n) is 5.50. The number of hydrogen-bond acceptors (Lipinski definition) is 5. The standard InChI is InChI=1S/C26H17F3O4S3/c27-26(28,29)36(30,31)33-35(18-9-3-1-4-10-18,19-11-5-2-6-12-19)20-15-16-24-22(17-20)25(34)21-13-7-8-14-23(21)32-24/h1-17H. The molecule has 36 heavy (non-hydrogen) atoms. The largest absolute Gasteiger partial charge is 0.524 e. The van der Waals surface area contributed by atoms with E-state index in [2.05, 4.69) is 0 Å². The Morgan fingerprint density at radius 3 is 1.78 bits per heavy atom. The summed E-state index contributed by atoms with van der Waals surface area (Å²) in [6, 6.07) is 27.9. The Morgan fingerprint density at radius 2 is 1.19 bits per heavy atom. The van der Waals surface area contributed by atoms with Gasteiger partial charge in [-0.2, -0.15) is 25.2 Å². The van der Waals surface area contributed by atoms with Crippen LogP contribution in [0.25, 0.3) is 21.9 Å². The summed E-state index contributed by atoms with van der Waals surface area (Å²) in [5.41, 5.74) is -4.65. The van der Waals surface area contributed by atoms with Gasteiger partial charge in [0.25, 0.3) is 0 Å². The highest BCUT2D eigenvalue weighted by atomic mass is 32.3. The van der Waals surface area contributed by atoms with Gasteiger partial charge >= 0.3 is 15.6 Å². The molecule has 0 aliphatic carbocycles. The van der Waals surface area contributed by atoms with Gasteiger partial charge in [0.2, 0.25) is 0 Å². The molecule has 5 aromatic rings. The summed E-state index contributed by atoms with van der Waals surface area (Å²) >= 11 is 5.69. The first-order valence-electron chi connectivity index (χ1n) is 10.5. The molecule has 0 amide bonds. The van der Waals surface area contributed by atoms with Crippen LogP contribution < -0.4 is 0 Å². The maximum Gasteiger partial charge on any atom is 0.524 e. The summed E-state index contributed by atoms with van der Waals surface area (Å²) in [5.74, 6) is 0. The Morgan fingerprint density at radius 1 is 0.667 bits per heavy atom. The second-order valence-electron chi connectivity index (χ2n) is 7.74. The Balaban J connectivity index is 1.89. The topological polar surface area (TPSA) is 56.5 Å². The zero-order valence-corrected chi connectivity index (χ0v) is 20.8. The van der Waals surface area contributed by atoms with Crippen molar-refractivity contribution >= 4 is 54.6 Å². The Bertz CT molecular complexity index is 1690. The van der Waals surface area contributed by atoms with Gasteiger partial charge in [0.1, 0.15) is 11.2 Å². The van der Waals surface area contributed by atoms with Crippen LogP contribution in [0.5, 0.6) is 0 Å². The highest BCUT2D eigenvalue weighted by Crippen LogP contribution is 2.70.